The molecule has 6 heteroatoms. The molecule has 178 valence electrons. The van der Waals surface area contributed by atoms with E-state index in [9.17, 15) is 9.59 Å². The number of ether oxygens (including phenoxy) is 1. The number of amides is 2. The molecule has 33 heavy (non-hydrogen) atoms. The average Bonchev–Trinajstić information content (AvgIpc) is 2.82. The Labute approximate surface area is 202 Å². The van der Waals surface area contributed by atoms with Crippen LogP contribution in [0.3, 0.4) is 0 Å². The molecule has 0 aromatic heterocycles. The van der Waals surface area contributed by atoms with E-state index in [-0.39, 0.29) is 30.3 Å². The van der Waals surface area contributed by atoms with Gasteiger partial charge >= 0.3 is 0 Å². The number of rotatable bonds is 8. The molecular weight excluding hydrogens is 436 g/mol. The summed E-state index contributed by atoms with van der Waals surface area (Å²) in [6, 6.07) is 14.6. The molecule has 1 aliphatic carbocycles. The molecule has 2 aromatic rings. The van der Waals surface area contributed by atoms with Crippen LogP contribution >= 0.6 is 11.6 Å². The van der Waals surface area contributed by atoms with Gasteiger partial charge in [0.1, 0.15) is 17.7 Å². The van der Waals surface area contributed by atoms with E-state index in [0.29, 0.717) is 17.6 Å². The summed E-state index contributed by atoms with van der Waals surface area (Å²) in [7, 11) is 1.61. The van der Waals surface area contributed by atoms with Gasteiger partial charge in [0.25, 0.3) is 0 Å². The molecule has 5 nitrogen and oxygen atoms in total. The van der Waals surface area contributed by atoms with Crippen LogP contribution < -0.4 is 10.1 Å². The molecule has 1 fully saturated rings. The highest BCUT2D eigenvalue weighted by atomic mass is 35.5. The van der Waals surface area contributed by atoms with Crippen molar-refractivity contribution >= 4 is 23.4 Å². The van der Waals surface area contributed by atoms with Crippen molar-refractivity contribution in [3.05, 3.63) is 65.2 Å². The Hall–Kier alpha value is -2.53. The van der Waals surface area contributed by atoms with E-state index in [4.69, 9.17) is 16.3 Å². The lowest BCUT2D eigenvalue weighted by Crippen LogP contribution is -2.50. The lowest BCUT2D eigenvalue weighted by molar-refractivity contribution is -0.140. The summed E-state index contributed by atoms with van der Waals surface area (Å²) in [5.41, 5.74) is 2.74. The molecular formula is C27H35ClN2O3. The smallest absolute Gasteiger partial charge is 0.247 e. The topological polar surface area (TPSA) is 58.6 Å². The van der Waals surface area contributed by atoms with Crippen molar-refractivity contribution in [2.45, 2.75) is 58.7 Å². The van der Waals surface area contributed by atoms with E-state index in [2.05, 4.69) is 19.2 Å². The molecule has 1 N–H and O–H groups in total. The minimum absolute atomic E-state index is 0.0963. The van der Waals surface area contributed by atoms with Crippen LogP contribution in [0.2, 0.25) is 0 Å². The Bertz CT molecular complexity index is 947. The fraction of sp³-hybridized carbons (Fsp3) is 0.481. The molecule has 0 spiro atoms. The van der Waals surface area contributed by atoms with Crippen LogP contribution in [-0.4, -0.2) is 35.7 Å². The number of methoxy groups -OCH3 is 1. The zero-order chi connectivity index (χ0) is 24.0. The van der Waals surface area contributed by atoms with Crippen LogP contribution in [0.4, 0.5) is 0 Å². The predicted molar refractivity (Wildman–Crippen MR) is 132 cm³/mol. The Morgan fingerprint density at radius 3 is 2.55 bits per heavy atom. The number of nitrogens with one attached hydrogen (secondary N) is 1. The van der Waals surface area contributed by atoms with E-state index in [0.717, 1.165) is 29.5 Å². The number of nitrogens with zero attached hydrogens (tertiary/aromatic N) is 1. The quantitative estimate of drug-likeness (QED) is 0.536. The number of hydrogen-bond donors (Lipinski definition) is 1. The first kappa shape index (κ1) is 25.1. The zero-order valence-corrected chi connectivity index (χ0v) is 20.8. The summed E-state index contributed by atoms with van der Waals surface area (Å²) < 4.78 is 5.34. The summed E-state index contributed by atoms with van der Waals surface area (Å²) in [6.07, 6.45) is 3.23. The third kappa shape index (κ3) is 6.29. The van der Waals surface area contributed by atoms with Crippen molar-refractivity contribution in [1.29, 1.82) is 0 Å². The molecule has 0 saturated heterocycles. The second-order valence-electron chi connectivity index (χ2n) is 9.20. The third-order valence-electron chi connectivity index (χ3n) is 6.91. The number of benzene rings is 2. The number of halogens is 1. The first-order valence-electron chi connectivity index (χ1n) is 11.7. The monoisotopic (exact) mass is 470 g/mol. The fourth-order valence-corrected chi connectivity index (χ4v) is 4.79. The fourth-order valence-electron chi connectivity index (χ4n) is 4.64. The molecule has 0 aliphatic heterocycles. The maximum atomic E-state index is 13.8. The van der Waals surface area contributed by atoms with Crippen molar-refractivity contribution in [3.8, 4) is 5.75 Å². The van der Waals surface area contributed by atoms with Gasteiger partial charge in [0.15, 0.2) is 0 Å². The van der Waals surface area contributed by atoms with E-state index >= 15 is 0 Å². The zero-order valence-electron chi connectivity index (χ0n) is 20.0. The van der Waals surface area contributed by atoms with E-state index in [1.54, 1.807) is 12.0 Å². The van der Waals surface area contributed by atoms with Crippen LogP contribution in [0.1, 0.15) is 55.8 Å². The molecule has 0 bridgehead atoms. The van der Waals surface area contributed by atoms with Crippen molar-refractivity contribution in [2.24, 2.45) is 11.8 Å². The van der Waals surface area contributed by atoms with Crippen molar-refractivity contribution < 1.29 is 14.3 Å². The van der Waals surface area contributed by atoms with Crippen LogP contribution in [0.15, 0.2) is 48.5 Å². The standard InChI is InChI=1S/C27H35ClN2O3/c1-18-11-13-22(14-12-18)26(27(32)29-24-10-5-7-19(2)20(24)3)30(25(31)16-28)17-21-8-6-9-23(15-21)33-4/h6,8-9,11-15,19-20,24,26H,5,7,10,16-17H2,1-4H3,(H,29,32)/t19-,20-,24+,26-/m0/s1. The number of hydrogen-bond acceptors (Lipinski definition) is 3. The number of carbonyl (C=O) groups excluding carboxylic acids is 2. The lowest BCUT2D eigenvalue weighted by atomic mass is 9.78. The van der Waals surface area contributed by atoms with Gasteiger partial charge in [0.05, 0.1) is 7.11 Å². The van der Waals surface area contributed by atoms with Gasteiger partial charge in [-0.25, -0.2) is 0 Å². The van der Waals surface area contributed by atoms with Gasteiger partial charge in [-0.2, -0.15) is 0 Å². The summed E-state index contributed by atoms with van der Waals surface area (Å²) in [5.74, 6) is 0.996. The predicted octanol–water partition coefficient (Wildman–Crippen LogP) is 5.25. The van der Waals surface area contributed by atoms with Gasteiger partial charge in [0.2, 0.25) is 11.8 Å². The van der Waals surface area contributed by atoms with Gasteiger partial charge < -0.3 is 15.0 Å². The largest absolute Gasteiger partial charge is 0.497 e. The highest BCUT2D eigenvalue weighted by Gasteiger charge is 2.35. The highest BCUT2D eigenvalue weighted by Crippen LogP contribution is 2.31. The van der Waals surface area contributed by atoms with E-state index in [1.807, 2.05) is 55.5 Å². The highest BCUT2D eigenvalue weighted by molar-refractivity contribution is 6.27. The molecule has 0 radical (unpaired) electrons. The minimum Gasteiger partial charge on any atom is -0.497 e. The Kier molecular flexibility index (Phi) is 8.79. The molecule has 2 aromatic carbocycles. The van der Waals surface area contributed by atoms with Gasteiger partial charge in [-0.1, -0.05) is 68.7 Å². The van der Waals surface area contributed by atoms with Crippen molar-refractivity contribution in [1.82, 2.24) is 10.2 Å². The second-order valence-corrected chi connectivity index (χ2v) is 9.47. The first-order chi connectivity index (χ1) is 15.8. The second kappa shape index (κ2) is 11.6. The van der Waals surface area contributed by atoms with Gasteiger partial charge in [0, 0.05) is 12.6 Å². The van der Waals surface area contributed by atoms with Crippen LogP contribution in [-0.2, 0) is 16.1 Å². The van der Waals surface area contributed by atoms with Gasteiger partial charge in [-0.3, -0.25) is 9.59 Å². The first-order valence-corrected chi connectivity index (χ1v) is 12.2. The summed E-state index contributed by atoms with van der Waals surface area (Å²) in [5, 5.41) is 3.28. The molecule has 3 rings (SSSR count). The Morgan fingerprint density at radius 1 is 1.15 bits per heavy atom. The molecule has 0 heterocycles. The summed E-state index contributed by atoms with van der Waals surface area (Å²) in [6.45, 7) is 6.70. The number of alkyl halides is 1. The SMILES string of the molecule is COc1cccc(CN(C(=O)CCl)[C@H](C(=O)N[C@@H]2CCC[C@H](C)[C@@H]2C)c2ccc(C)cc2)c1. The molecule has 0 unspecified atom stereocenters. The Morgan fingerprint density at radius 2 is 1.88 bits per heavy atom. The number of carbonyl (C=O) groups is 2. The summed E-state index contributed by atoms with van der Waals surface area (Å²) >= 11 is 6.02. The van der Waals surface area contributed by atoms with Crippen LogP contribution in [0, 0.1) is 18.8 Å². The Balaban J connectivity index is 1.96. The van der Waals surface area contributed by atoms with Crippen molar-refractivity contribution in [3.63, 3.8) is 0 Å². The van der Waals surface area contributed by atoms with Crippen LogP contribution in [0.5, 0.6) is 5.75 Å². The molecule has 4 atom stereocenters. The molecule has 1 aliphatic rings. The molecule has 2 amide bonds. The van der Waals surface area contributed by atoms with Gasteiger partial charge in [-0.15, -0.1) is 11.6 Å². The summed E-state index contributed by atoms with van der Waals surface area (Å²) in [4.78, 5) is 28.4. The average molecular weight is 471 g/mol. The maximum absolute atomic E-state index is 13.8. The minimum atomic E-state index is -0.771. The van der Waals surface area contributed by atoms with Crippen molar-refractivity contribution in [2.75, 3.05) is 13.0 Å². The third-order valence-corrected chi connectivity index (χ3v) is 7.14. The van der Waals surface area contributed by atoms with Gasteiger partial charge in [-0.05, 0) is 48.4 Å². The maximum Gasteiger partial charge on any atom is 0.247 e. The van der Waals surface area contributed by atoms with E-state index < -0.39 is 6.04 Å². The lowest BCUT2D eigenvalue weighted by Gasteiger charge is -2.37. The molecule has 1 saturated carbocycles. The van der Waals surface area contributed by atoms with E-state index in [1.165, 1.54) is 6.42 Å². The van der Waals surface area contributed by atoms with Crippen LogP contribution in [0.25, 0.3) is 0 Å². The number of aryl methyl sites for hydroxylation is 1. The normalized spacial score (nSPS) is 21.2.